The van der Waals surface area contributed by atoms with E-state index in [4.69, 9.17) is 33.2 Å². The maximum atomic E-state index is 12.3. The standard InChI is InChI=1S/C26H39N5O13/c1-12(2)27-25(36)39-9-18-19(10-40-26(37)28-13(3)4)31(30-29-18)24-23(43-17(8)35)22(42-16(7)34)21(41-15(6)33)20(44-24)11-38-14(5)32/h12-13,20-24H,9-11H2,1-8H3,(H,27,36)(H,28,37)/t20-,21-,22+,23-,24-/m1/s1. The van der Waals surface area contributed by atoms with Crippen LogP contribution in [-0.2, 0) is 65.5 Å². The molecule has 2 N–H and O–H groups in total. The van der Waals surface area contributed by atoms with Gasteiger partial charge in [0.2, 0.25) is 0 Å². The summed E-state index contributed by atoms with van der Waals surface area (Å²) in [5, 5.41) is 13.2. The zero-order valence-electron chi connectivity index (χ0n) is 25.8. The van der Waals surface area contributed by atoms with E-state index in [1.54, 1.807) is 27.7 Å². The Labute approximate surface area is 253 Å². The van der Waals surface area contributed by atoms with Crippen molar-refractivity contribution in [3.8, 4) is 0 Å². The van der Waals surface area contributed by atoms with Crippen LogP contribution in [0.25, 0.3) is 0 Å². The molecule has 0 aliphatic carbocycles. The Hall–Kier alpha value is -4.48. The Kier molecular flexibility index (Phi) is 13.3. The average Bonchev–Trinajstić information content (AvgIpc) is 3.28. The van der Waals surface area contributed by atoms with E-state index in [9.17, 15) is 28.8 Å². The van der Waals surface area contributed by atoms with Crippen LogP contribution in [0.5, 0.6) is 0 Å². The number of nitrogens with one attached hydrogen (secondary N) is 2. The van der Waals surface area contributed by atoms with Crippen molar-refractivity contribution in [1.82, 2.24) is 25.6 Å². The van der Waals surface area contributed by atoms with Crippen LogP contribution >= 0.6 is 0 Å². The summed E-state index contributed by atoms with van der Waals surface area (Å²) >= 11 is 0. The predicted octanol–water partition coefficient (Wildman–Crippen LogP) is 0.803. The maximum absolute atomic E-state index is 12.3. The molecule has 0 radical (unpaired) electrons. The molecular weight excluding hydrogens is 590 g/mol. The van der Waals surface area contributed by atoms with Crippen molar-refractivity contribution in [3.05, 3.63) is 11.4 Å². The van der Waals surface area contributed by atoms with Crippen molar-refractivity contribution in [1.29, 1.82) is 0 Å². The number of ether oxygens (including phenoxy) is 7. The van der Waals surface area contributed by atoms with Crippen LogP contribution in [-0.4, -0.2) is 94.2 Å². The average molecular weight is 630 g/mol. The zero-order valence-corrected chi connectivity index (χ0v) is 25.8. The fraction of sp³-hybridized carbons (Fsp3) is 0.692. The molecule has 0 saturated carbocycles. The van der Waals surface area contributed by atoms with E-state index in [2.05, 4.69) is 20.9 Å². The topological polar surface area (TPSA) is 222 Å². The van der Waals surface area contributed by atoms with Gasteiger partial charge in [0.1, 0.15) is 37.3 Å². The summed E-state index contributed by atoms with van der Waals surface area (Å²) in [6.45, 7) is 9.93. The molecule has 2 amide bonds. The van der Waals surface area contributed by atoms with E-state index < -0.39 is 86.5 Å². The van der Waals surface area contributed by atoms with E-state index >= 15 is 0 Å². The van der Waals surface area contributed by atoms with Gasteiger partial charge in [-0.3, -0.25) is 19.2 Å². The Balaban J connectivity index is 2.63. The van der Waals surface area contributed by atoms with Crippen LogP contribution in [0, 0.1) is 0 Å². The number of carbonyl (C=O) groups excluding carboxylic acids is 6. The van der Waals surface area contributed by atoms with Gasteiger partial charge < -0.3 is 43.8 Å². The summed E-state index contributed by atoms with van der Waals surface area (Å²) in [6, 6.07) is -0.480. The highest BCUT2D eigenvalue weighted by Crippen LogP contribution is 2.35. The van der Waals surface area contributed by atoms with Crippen LogP contribution < -0.4 is 10.6 Å². The van der Waals surface area contributed by atoms with Gasteiger partial charge in [0, 0.05) is 39.8 Å². The lowest BCUT2D eigenvalue weighted by Gasteiger charge is -2.44. The van der Waals surface area contributed by atoms with Crippen LogP contribution in [0.4, 0.5) is 9.59 Å². The Morgan fingerprint density at radius 2 is 1.23 bits per heavy atom. The molecule has 0 unspecified atom stereocenters. The van der Waals surface area contributed by atoms with Gasteiger partial charge >= 0.3 is 36.1 Å². The highest BCUT2D eigenvalue weighted by Gasteiger charge is 2.53. The van der Waals surface area contributed by atoms with Gasteiger partial charge in [0.25, 0.3) is 0 Å². The molecule has 2 rings (SSSR count). The summed E-state index contributed by atoms with van der Waals surface area (Å²) in [5.74, 6) is -3.14. The maximum Gasteiger partial charge on any atom is 0.407 e. The number of rotatable bonds is 12. The quantitative estimate of drug-likeness (QED) is 0.241. The Morgan fingerprint density at radius 1 is 0.727 bits per heavy atom. The molecule has 1 saturated heterocycles. The molecule has 44 heavy (non-hydrogen) atoms. The normalized spacial score (nSPS) is 21.2. The first-order chi connectivity index (χ1) is 20.6. The molecular formula is C26H39N5O13. The highest BCUT2D eigenvalue weighted by atomic mass is 16.7. The molecule has 1 aliphatic heterocycles. The molecule has 1 aromatic rings. The van der Waals surface area contributed by atoms with Crippen molar-refractivity contribution in [2.45, 2.75) is 111 Å². The van der Waals surface area contributed by atoms with Crippen molar-refractivity contribution >= 4 is 36.1 Å². The Bertz CT molecular complexity index is 1200. The van der Waals surface area contributed by atoms with Crippen LogP contribution in [0.15, 0.2) is 0 Å². The first-order valence-corrected chi connectivity index (χ1v) is 13.7. The number of hydrogen-bond acceptors (Lipinski definition) is 15. The monoisotopic (exact) mass is 629 g/mol. The lowest BCUT2D eigenvalue weighted by Crippen LogP contribution is -2.60. The number of hydrogen-bond donors (Lipinski definition) is 2. The molecule has 1 fully saturated rings. The third-order valence-corrected chi connectivity index (χ3v) is 5.57. The van der Waals surface area contributed by atoms with Crippen LogP contribution in [0.1, 0.15) is 73.0 Å². The molecule has 1 aliphatic rings. The number of carbonyl (C=O) groups is 6. The number of amides is 2. The molecule has 0 spiro atoms. The van der Waals surface area contributed by atoms with E-state index in [1.807, 2.05) is 0 Å². The van der Waals surface area contributed by atoms with Crippen molar-refractivity contribution < 1.29 is 61.9 Å². The fourth-order valence-corrected chi connectivity index (χ4v) is 4.04. The van der Waals surface area contributed by atoms with Gasteiger partial charge in [-0.15, -0.1) is 5.10 Å². The minimum absolute atomic E-state index is 0.0362. The smallest absolute Gasteiger partial charge is 0.407 e. The lowest BCUT2D eigenvalue weighted by molar-refractivity contribution is -0.271. The SMILES string of the molecule is CC(=O)OC[C@H]1O[C@@H](n2nnc(COC(=O)NC(C)C)c2COC(=O)NC(C)C)[C@H](OC(C)=O)[C@@H](OC(C)=O)[C@@H]1OC(C)=O. The minimum Gasteiger partial charge on any atom is -0.463 e. The van der Waals surface area contributed by atoms with E-state index in [1.165, 1.54) is 0 Å². The van der Waals surface area contributed by atoms with Gasteiger partial charge in [-0.25, -0.2) is 14.3 Å². The molecule has 5 atom stereocenters. The molecule has 1 aromatic heterocycles. The summed E-state index contributed by atoms with van der Waals surface area (Å²) in [7, 11) is 0. The molecule has 0 bridgehead atoms. The second-order valence-electron chi connectivity index (χ2n) is 10.3. The second kappa shape index (κ2) is 16.4. The first kappa shape index (κ1) is 35.7. The Morgan fingerprint density at radius 3 is 1.73 bits per heavy atom. The predicted molar refractivity (Wildman–Crippen MR) is 144 cm³/mol. The number of aromatic nitrogens is 3. The van der Waals surface area contributed by atoms with Gasteiger partial charge in [0.05, 0.1) is 0 Å². The van der Waals surface area contributed by atoms with Crippen LogP contribution in [0.3, 0.4) is 0 Å². The summed E-state index contributed by atoms with van der Waals surface area (Å²) in [6.07, 6.45) is -8.71. The van der Waals surface area contributed by atoms with Gasteiger partial charge in [-0.1, -0.05) is 5.21 Å². The molecule has 246 valence electrons. The van der Waals surface area contributed by atoms with Gasteiger partial charge in [-0.05, 0) is 27.7 Å². The van der Waals surface area contributed by atoms with Crippen molar-refractivity contribution in [3.63, 3.8) is 0 Å². The number of esters is 4. The number of nitrogens with zero attached hydrogens (tertiary/aromatic N) is 3. The second-order valence-corrected chi connectivity index (χ2v) is 10.3. The third kappa shape index (κ3) is 11.0. The minimum atomic E-state index is -1.52. The van der Waals surface area contributed by atoms with E-state index in [0.29, 0.717) is 0 Å². The van der Waals surface area contributed by atoms with E-state index in [0.717, 1.165) is 32.4 Å². The number of alkyl carbamates (subject to hydrolysis) is 2. The fourth-order valence-electron chi connectivity index (χ4n) is 4.04. The summed E-state index contributed by atoms with van der Waals surface area (Å²) in [5.41, 5.74) is 0.0799. The van der Waals surface area contributed by atoms with Crippen molar-refractivity contribution in [2.24, 2.45) is 0 Å². The van der Waals surface area contributed by atoms with Crippen molar-refractivity contribution in [2.75, 3.05) is 6.61 Å². The van der Waals surface area contributed by atoms with Gasteiger partial charge in [0.15, 0.2) is 24.5 Å². The molecule has 18 heteroatoms. The van der Waals surface area contributed by atoms with Gasteiger partial charge in [-0.2, -0.15) is 0 Å². The summed E-state index contributed by atoms with van der Waals surface area (Å²) < 4.78 is 39.2. The highest BCUT2D eigenvalue weighted by molar-refractivity contribution is 5.69. The van der Waals surface area contributed by atoms with Crippen LogP contribution in [0.2, 0.25) is 0 Å². The third-order valence-electron chi connectivity index (χ3n) is 5.57. The molecule has 18 nitrogen and oxygen atoms in total. The molecule has 0 aromatic carbocycles. The first-order valence-electron chi connectivity index (χ1n) is 13.7. The van der Waals surface area contributed by atoms with E-state index in [-0.39, 0.29) is 23.5 Å². The largest absolute Gasteiger partial charge is 0.463 e. The summed E-state index contributed by atoms with van der Waals surface area (Å²) in [4.78, 5) is 72.6. The molecule has 2 heterocycles. The lowest BCUT2D eigenvalue weighted by atomic mass is 9.97. The zero-order chi connectivity index (χ0) is 33.1.